The average molecular weight is 295 g/mol. The van der Waals surface area contributed by atoms with Crippen molar-refractivity contribution in [3.05, 3.63) is 42.0 Å². The summed E-state index contributed by atoms with van der Waals surface area (Å²) in [5.74, 6) is 0.788. The van der Waals surface area contributed by atoms with Crippen LogP contribution in [0.25, 0.3) is 10.8 Å². The molecule has 114 valence electrons. The Morgan fingerprint density at radius 3 is 2.48 bits per heavy atom. The maximum atomic E-state index is 12.0. The summed E-state index contributed by atoms with van der Waals surface area (Å²) >= 11 is 0. The van der Waals surface area contributed by atoms with Crippen LogP contribution in [0.1, 0.15) is 18.0 Å². The summed E-state index contributed by atoms with van der Waals surface area (Å²) in [7, 11) is 1.62. The molecule has 0 aliphatic rings. The van der Waals surface area contributed by atoms with E-state index in [1.807, 2.05) is 36.4 Å². The van der Waals surface area contributed by atoms with Gasteiger partial charge < -0.3 is 15.2 Å². The van der Waals surface area contributed by atoms with Gasteiger partial charge >= 0.3 is 0 Å². The Kier molecular flexibility index (Phi) is 5.47. The molecule has 2 rings (SSSR count). The molecule has 0 amide bonds. The molecule has 0 aliphatic carbocycles. The molecule has 0 spiro atoms. The Morgan fingerprint density at radius 2 is 1.81 bits per heavy atom. The maximum Gasteiger partial charge on any atom is 0.261 e. The van der Waals surface area contributed by atoms with E-state index in [0.29, 0.717) is 6.42 Å². The Balaban J connectivity index is 2.14. The molecule has 1 atom stereocenters. The van der Waals surface area contributed by atoms with E-state index in [2.05, 4.69) is 0 Å². The first-order valence-electron chi connectivity index (χ1n) is 6.80. The van der Waals surface area contributed by atoms with E-state index < -0.39 is 13.0 Å². The van der Waals surface area contributed by atoms with Gasteiger partial charge in [-0.25, -0.2) is 8.78 Å². The molecule has 1 unspecified atom stereocenters. The highest BCUT2D eigenvalue weighted by atomic mass is 19.3. The summed E-state index contributed by atoms with van der Waals surface area (Å²) in [6, 6.07) is 11.3. The Labute approximate surface area is 122 Å². The van der Waals surface area contributed by atoms with Gasteiger partial charge in [-0.05, 0) is 23.4 Å². The Bertz CT molecular complexity index is 589. The van der Waals surface area contributed by atoms with Gasteiger partial charge in [0.15, 0.2) is 0 Å². The van der Waals surface area contributed by atoms with Crippen molar-refractivity contribution < 1.29 is 18.3 Å². The van der Waals surface area contributed by atoms with Gasteiger partial charge in [-0.1, -0.05) is 30.3 Å². The smallest absolute Gasteiger partial charge is 0.261 e. The molecule has 0 saturated carbocycles. The fraction of sp³-hybridized carbons (Fsp3) is 0.375. The van der Waals surface area contributed by atoms with Gasteiger partial charge in [-0.3, -0.25) is 0 Å². The van der Waals surface area contributed by atoms with Gasteiger partial charge in [-0.2, -0.15) is 0 Å². The summed E-state index contributed by atoms with van der Waals surface area (Å²) in [6.07, 6.45) is -1.95. The van der Waals surface area contributed by atoms with Crippen molar-refractivity contribution in [3.8, 4) is 5.75 Å². The first-order chi connectivity index (χ1) is 10.1. The van der Waals surface area contributed by atoms with Crippen LogP contribution in [0.2, 0.25) is 0 Å². The molecule has 2 aromatic carbocycles. The van der Waals surface area contributed by atoms with E-state index in [9.17, 15) is 8.78 Å². The minimum Gasteiger partial charge on any atom is -0.496 e. The Hall–Kier alpha value is -1.72. The molecule has 5 heteroatoms. The summed E-state index contributed by atoms with van der Waals surface area (Å²) < 4.78 is 34.2. The number of nitrogens with two attached hydrogens (primary N) is 1. The molecule has 2 aromatic rings. The third-order valence-electron chi connectivity index (χ3n) is 3.35. The molecular formula is C16H19F2NO2. The molecule has 0 radical (unpaired) electrons. The maximum absolute atomic E-state index is 12.0. The van der Waals surface area contributed by atoms with E-state index in [1.54, 1.807) is 7.11 Å². The molecule has 0 aromatic heterocycles. The third-order valence-corrected chi connectivity index (χ3v) is 3.35. The second-order valence-corrected chi connectivity index (χ2v) is 4.76. The van der Waals surface area contributed by atoms with E-state index in [1.165, 1.54) is 0 Å². The van der Waals surface area contributed by atoms with E-state index in [-0.39, 0.29) is 12.6 Å². The van der Waals surface area contributed by atoms with Crippen molar-refractivity contribution in [3.63, 3.8) is 0 Å². The van der Waals surface area contributed by atoms with Gasteiger partial charge in [0, 0.05) is 18.0 Å². The zero-order valence-corrected chi connectivity index (χ0v) is 11.9. The fourth-order valence-electron chi connectivity index (χ4n) is 2.33. The predicted molar refractivity (Wildman–Crippen MR) is 78.9 cm³/mol. The summed E-state index contributed by atoms with van der Waals surface area (Å²) in [4.78, 5) is 0. The van der Waals surface area contributed by atoms with E-state index in [0.717, 1.165) is 22.1 Å². The molecule has 0 aliphatic heterocycles. The van der Waals surface area contributed by atoms with Crippen LogP contribution in [0.5, 0.6) is 5.75 Å². The van der Waals surface area contributed by atoms with Crippen molar-refractivity contribution >= 4 is 10.8 Å². The number of methoxy groups -OCH3 is 1. The highest BCUT2D eigenvalue weighted by Crippen LogP contribution is 2.31. The molecule has 0 saturated heterocycles. The van der Waals surface area contributed by atoms with Crippen molar-refractivity contribution in [1.29, 1.82) is 0 Å². The average Bonchev–Trinajstić information content (AvgIpc) is 2.50. The molecule has 0 fully saturated rings. The number of benzene rings is 2. The molecule has 21 heavy (non-hydrogen) atoms. The van der Waals surface area contributed by atoms with Gasteiger partial charge in [0.05, 0.1) is 7.11 Å². The number of halogens is 2. The van der Waals surface area contributed by atoms with Crippen LogP contribution in [0.4, 0.5) is 8.78 Å². The van der Waals surface area contributed by atoms with Gasteiger partial charge in [0.1, 0.15) is 12.4 Å². The lowest BCUT2D eigenvalue weighted by atomic mass is 9.97. The number of rotatable bonds is 7. The molecule has 0 bridgehead atoms. The van der Waals surface area contributed by atoms with Crippen molar-refractivity contribution in [2.75, 3.05) is 20.3 Å². The lowest BCUT2D eigenvalue weighted by molar-refractivity contribution is 0.0152. The number of hydrogen-bond donors (Lipinski definition) is 1. The van der Waals surface area contributed by atoms with Crippen molar-refractivity contribution in [2.24, 2.45) is 5.73 Å². The van der Waals surface area contributed by atoms with Gasteiger partial charge in [-0.15, -0.1) is 0 Å². The standard InChI is InChI=1S/C16H19F2NO2/c1-20-15-7-6-12(11-4-2-3-5-13(11)15)14(19)8-9-21-10-16(17)18/h2-7,14,16H,8-10,19H2,1H3. The topological polar surface area (TPSA) is 44.5 Å². The largest absolute Gasteiger partial charge is 0.496 e. The lowest BCUT2D eigenvalue weighted by Crippen LogP contribution is -2.15. The second kappa shape index (κ2) is 7.33. The summed E-state index contributed by atoms with van der Waals surface area (Å²) in [6.45, 7) is -0.331. The fourth-order valence-corrected chi connectivity index (χ4v) is 2.33. The van der Waals surface area contributed by atoms with Crippen molar-refractivity contribution in [1.82, 2.24) is 0 Å². The summed E-state index contributed by atoms with van der Waals surface area (Å²) in [5, 5.41) is 2.00. The van der Waals surface area contributed by atoms with Crippen LogP contribution in [-0.2, 0) is 4.74 Å². The summed E-state index contributed by atoms with van der Waals surface area (Å²) in [5.41, 5.74) is 7.13. The highest BCUT2D eigenvalue weighted by molar-refractivity contribution is 5.91. The second-order valence-electron chi connectivity index (χ2n) is 4.76. The molecular weight excluding hydrogens is 276 g/mol. The van der Waals surface area contributed by atoms with Gasteiger partial charge in [0.25, 0.3) is 6.43 Å². The monoisotopic (exact) mass is 295 g/mol. The quantitative estimate of drug-likeness (QED) is 0.795. The number of ether oxygens (including phenoxy) is 2. The van der Waals surface area contributed by atoms with Crippen LogP contribution in [-0.4, -0.2) is 26.7 Å². The van der Waals surface area contributed by atoms with Crippen LogP contribution in [0.3, 0.4) is 0 Å². The van der Waals surface area contributed by atoms with Crippen LogP contribution in [0, 0.1) is 0 Å². The van der Waals surface area contributed by atoms with Gasteiger partial charge in [0.2, 0.25) is 0 Å². The zero-order chi connectivity index (χ0) is 15.2. The first kappa shape index (κ1) is 15.7. The Morgan fingerprint density at radius 1 is 1.10 bits per heavy atom. The first-order valence-corrected chi connectivity index (χ1v) is 6.80. The number of hydrogen-bond acceptors (Lipinski definition) is 3. The van der Waals surface area contributed by atoms with Crippen LogP contribution >= 0.6 is 0 Å². The van der Waals surface area contributed by atoms with Crippen LogP contribution < -0.4 is 10.5 Å². The van der Waals surface area contributed by atoms with Crippen molar-refractivity contribution in [2.45, 2.75) is 18.9 Å². The molecule has 0 heterocycles. The minimum atomic E-state index is -2.44. The SMILES string of the molecule is COc1ccc(C(N)CCOCC(F)F)c2ccccc12. The predicted octanol–water partition coefficient (Wildman–Crippen LogP) is 3.52. The lowest BCUT2D eigenvalue weighted by Gasteiger charge is -2.16. The minimum absolute atomic E-state index is 0.214. The third kappa shape index (κ3) is 3.89. The number of alkyl halides is 2. The normalized spacial score (nSPS) is 12.8. The number of fused-ring (bicyclic) bond motifs is 1. The van der Waals surface area contributed by atoms with E-state index >= 15 is 0 Å². The van der Waals surface area contributed by atoms with Crippen LogP contribution in [0.15, 0.2) is 36.4 Å². The highest BCUT2D eigenvalue weighted by Gasteiger charge is 2.12. The van der Waals surface area contributed by atoms with E-state index in [4.69, 9.17) is 15.2 Å². The molecule has 2 N–H and O–H groups in total. The zero-order valence-electron chi connectivity index (χ0n) is 11.9. The molecule has 3 nitrogen and oxygen atoms in total.